The molecule has 0 atom stereocenters. The van der Waals surface area contributed by atoms with Gasteiger partial charge in [0.2, 0.25) is 0 Å². The Bertz CT molecular complexity index is 1380. The summed E-state index contributed by atoms with van der Waals surface area (Å²) in [5.41, 5.74) is 4.77. The van der Waals surface area contributed by atoms with E-state index in [1.807, 2.05) is 48.7 Å². The van der Waals surface area contributed by atoms with Crippen molar-refractivity contribution in [2.45, 2.75) is 26.2 Å². The Balaban J connectivity index is 0.00000231. The second kappa shape index (κ2) is 8.30. The fourth-order valence-corrected chi connectivity index (χ4v) is 3.85. The average molecular weight is 581 g/mol. The number of hydrogen-bond acceptors (Lipinski definition) is 3. The Morgan fingerprint density at radius 1 is 0.806 bits per heavy atom. The van der Waals surface area contributed by atoms with Gasteiger partial charge in [0.05, 0.1) is 11.2 Å². The number of hydrogen-bond donors (Lipinski definition) is 0. The maximum atomic E-state index is 4.99. The Morgan fingerprint density at radius 3 is 2.35 bits per heavy atom. The van der Waals surface area contributed by atoms with E-state index in [0.717, 1.165) is 44.6 Å². The van der Waals surface area contributed by atoms with Gasteiger partial charge >= 0.3 is 0 Å². The van der Waals surface area contributed by atoms with Gasteiger partial charge in [0.25, 0.3) is 0 Å². The van der Waals surface area contributed by atoms with Crippen molar-refractivity contribution in [3.05, 3.63) is 90.8 Å². The fourth-order valence-electron chi connectivity index (χ4n) is 3.85. The molecule has 2 heterocycles. The van der Waals surface area contributed by atoms with E-state index in [2.05, 4.69) is 62.2 Å². The first kappa shape index (κ1) is 21.3. The van der Waals surface area contributed by atoms with Crippen LogP contribution in [0.1, 0.15) is 26.5 Å². The maximum Gasteiger partial charge on any atom is 0.141 e. The Kier molecular flexibility index (Phi) is 5.70. The quantitative estimate of drug-likeness (QED) is 0.221. The Hall–Kier alpha value is -2.94. The third-order valence-electron chi connectivity index (χ3n) is 5.30. The van der Waals surface area contributed by atoms with Crippen LogP contribution in [0.3, 0.4) is 0 Å². The number of pyridine rings is 1. The molecule has 0 aliphatic rings. The molecule has 3 nitrogen and oxygen atoms in total. The molecule has 5 rings (SSSR count). The summed E-state index contributed by atoms with van der Waals surface area (Å²) in [6.07, 6.45) is 1.85. The van der Waals surface area contributed by atoms with Gasteiger partial charge in [-0.15, -0.1) is 29.8 Å². The second-order valence-corrected chi connectivity index (χ2v) is 8.53. The van der Waals surface area contributed by atoms with Gasteiger partial charge in [0.1, 0.15) is 5.82 Å². The minimum atomic E-state index is -0.0851. The summed E-state index contributed by atoms with van der Waals surface area (Å²) in [4.78, 5) is 14.5. The Labute approximate surface area is 196 Å². The number of fused-ring (bicyclic) bond motifs is 2. The number of aromatic nitrogens is 3. The third-order valence-corrected chi connectivity index (χ3v) is 5.30. The summed E-state index contributed by atoms with van der Waals surface area (Å²) in [5, 5.41) is 3.38. The van der Waals surface area contributed by atoms with Crippen molar-refractivity contribution >= 4 is 21.7 Å². The number of para-hydroxylation sites is 1. The topological polar surface area (TPSA) is 38.7 Å². The summed E-state index contributed by atoms with van der Waals surface area (Å²) in [6, 6.07) is 27.9. The van der Waals surface area contributed by atoms with E-state index >= 15 is 0 Å². The molecule has 0 aliphatic carbocycles. The van der Waals surface area contributed by atoms with Crippen molar-refractivity contribution < 1.29 is 20.1 Å². The van der Waals surface area contributed by atoms with Gasteiger partial charge in [-0.25, -0.2) is 9.97 Å². The van der Waals surface area contributed by atoms with Crippen molar-refractivity contribution in [3.8, 4) is 22.6 Å². The van der Waals surface area contributed by atoms with E-state index in [9.17, 15) is 0 Å². The molecule has 0 fully saturated rings. The van der Waals surface area contributed by atoms with Crippen molar-refractivity contribution in [1.29, 1.82) is 0 Å². The van der Waals surface area contributed by atoms with Crippen LogP contribution in [0, 0.1) is 6.07 Å². The van der Waals surface area contributed by atoms with Crippen LogP contribution in [-0.4, -0.2) is 15.0 Å². The molecule has 2 aromatic heterocycles. The molecular weight excluding hydrogens is 559 g/mol. The molecule has 0 aliphatic heterocycles. The first-order valence-electron chi connectivity index (χ1n) is 10.1. The SMILES string of the molecule is CC(C)(C)c1nc(-c2cc[c-]c(-c3nccc4ccccc34)c2)nc2ccccc12.[Ir]. The van der Waals surface area contributed by atoms with Crippen LogP contribution < -0.4 is 0 Å². The van der Waals surface area contributed by atoms with Crippen molar-refractivity contribution in [2.24, 2.45) is 0 Å². The maximum absolute atomic E-state index is 4.99. The summed E-state index contributed by atoms with van der Waals surface area (Å²) >= 11 is 0. The second-order valence-electron chi connectivity index (χ2n) is 8.53. The van der Waals surface area contributed by atoms with Crippen LogP contribution in [0.2, 0.25) is 0 Å². The van der Waals surface area contributed by atoms with Crippen LogP contribution in [0.15, 0.2) is 79.0 Å². The number of nitrogens with zero attached hydrogens (tertiary/aromatic N) is 3. The normalized spacial score (nSPS) is 11.5. The predicted octanol–water partition coefficient (Wildman–Crippen LogP) is 6.61. The van der Waals surface area contributed by atoms with Gasteiger partial charge in [-0.1, -0.05) is 68.8 Å². The Morgan fingerprint density at radius 2 is 1.55 bits per heavy atom. The minimum Gasteiger partial charge on any atom is -0.304 e. The molecule has 0 spiro atoms. The van der Waals surface area contributed by atoms with E-state index in [4.69, 9.17) is 9.97 Å². The molecule has 3 aromatic carbocycles. The monoisotopic (exact) mass is 581 g/mol. The molecule has 5 aromatic rings. The van der Waals surface area contributed by atoms with E-state index in [1.54, 1.807) is 0 Å². The summed E-state index contributed by atoms with van der Waals surface area (Å²) < 4.78 is 0. The van der Waals surface area contributed by atoms with Crippen LogP contribution in [-0.2, 0) is 25.5 Å². The van der Waals surface area contributed by atoms with Crippen LogP contribution in [0.4, 0.5) is 0 Å². The first-order valence-corrected chi connectivity index (χ1v) is 10.1. The van der Waals surface area contributed by atoms with Crippen molar-refractivity contribution in [3.63, 3.8) is 0 Å². The van der Waals surface area contributed by atoms with Crippen LogP contribution in [0.5, 0.6) is 0 Å². The third kappa shape index (κ3) is 4.01. The molecular formula is C27H22IrN3-. The molecule has 0 saturated heterocycles. The van der Waals surface area contributed by atoms with Crippen LogP contribution >= 0.6 is 0 Å². The molecule has 0 amide bonds. The van der Waals surface area contributed by atoms with Gasteiger partial charge < -0.3 is 4.98 Å². The minimum absolute atomic E-state index is 0. The average Bonchev–Trinajstić information content (AvgIpc) is 2.77. The van der Waals surface area contributed by atoms with Gasteiger partial charge in [-0.3, -0.25) is 0 Å². The van der Waals surface area contributed by atoms with Crippen molar-refractivity contribution in [1.82, 2.24) is 15.0 Å². The fraction of sp³-hybridized carbons (Fsp3) is 0.148. The largest absolute Gasteiger partial charge is 0.304 e. The zero-order chi connectivity index (χ0) is 20.7. The van der Waals surface area contributed by atoms with E-state index in [0.29, 0.717) is 0 Å². The first-order chi connectivity index (χ1) is 14.5. The molecule has 155 valence electrons. The van der Waals surface area contributed by atoms with E-state index in [-0.39, 0.29) is 25.5 Å². The van der Waals surface area contributed by atoms with E-state index < -0.39 is 0 Å². The summed E-state index contributed by atoms with van der Waals surface area (Å²) in [6.45, 7) is 6.57. The molecule has 0 saturated carbocycles. The molecule has 0 unspecified atom stereocenters. The number of rotatable bonds is 2. The van der Waals surface area contributed by atoms with E-state index in [1.165, 1.54) is 5.39 Å². The standard InChI is InChI=1S/C27H22N3.Ir/c1-27(2,3)25-22-13-6-7-14-23(22)29-26(30-25)20-11-8-10-19(17-20)24-21-12-5-4-9-18(21)15-16-28-24;/h4-9,11-17H,1-3H3;/q-1;. The summed E-state index contributed by atoms with van der Waals surface area (Å²) in [7, 11) is 0. The van der Waals surface area contributed by atoms with Gasteiger partial charge in [-0.05, 0) is 28.6 Å². The molecule has 1 radical (unpaired) electrons. The molecule has 0 bridgehead atoms. The molecule has 0 N–H and O–H groups in total. The van der Waals surface area contributed by atoms with Gasteiger partial charge in [0.15, 0.2) is 0 Å². The van der Waals surface area contributed by atoms with Crippen LogP contribution in [0.25, 0.3) is 44.3 Å². The number of benzene rings is 3. The zero-order valence-electron chi connectivity index (χ0n) is 17.7. The van der Waals surface area contributed by atoms with Gasteiger partial charge in [0, 0.05) is 37.1 Å². The zero-order valence-corrected chi connectivity index (χ0v) is 20.1. The predicted molar refractivity (Wildman–Crippen MR) is 123 cm³/mol. The molecule has 31 heavy (non-hydrogen) atoms. The van der Waals surface area contributed by atoms with Gasteiger partial charge in [-0.2, -0.15) is 0 Å². The molecule has 4 heteroatoms. The van der Waals surface area contributed by atoms with Crippen molar-refractivity contribution in [2.75, 3.05) is 0 Å². The summed E-state index contributed by atoms with van der Waals surface area (Å²) in [5.74, 6) is 0.731. The smallest absolute Gasteiger partial charge is 0.141 e.